The second-order valence-corrected chi connectivity index (χ2v) is 6.00. The Kier molecular flexibility index (Phi) is 13.7. The van der Waals surface area contributed by atoms with Crippen molar-refractivity contribution in [1.29, 1.82) is 0 Å². The quantitative estimate of drug-likeness (QED) is 0.309. The molecule has 0 aliphatic heterocycles. The third-order valence-corrected chi connectivity index (χ3v) is 4.01. The van der Waals surface area contributed by atoms with Crippen LogP contribution >= 0.6 is 0 Å². The molecule has 4 heteroatoms. The molecule has 0 fully saturated rings. The number of aliphatic carboxylic acids is 2. The molecule has 0 aromatic rings. The van der Waals surface area contributed by atoms with Crippen LogP contribution in [0.1, 0.15) is 83.5 Å². The molecule has 0 aromatic heterocycles. The van der Waals surface area contributed by atoms with Crippen LogP contribution in [0, 0.1) is 5.92 Å². The summed E-state index contributed by atoms with van der Waals surface area (Å²) in [6, 6.07) is 0. The van der Waals surface area contributed by atoms with E-state index in [0.717, 1.165) is 32.1 Å². The average molecular weight is 312 g/mol. The van der Waals surface area contributed by atoms with Gasteiger partial charge in [-0.05, 0) is 12.8 Å². The average Bonchev–Trinajstić information content (AvgIpc) is 2.47. The van der Waals surface area contributed by atoms with Crippen LogP contribution in [0.4, 0.5) is 0 Å². The van der Waals surface area contributed by atoms with Crippen LogP contribution in [0.25, 0.3) is 0 Å². The van der Waals surface area contributed by atoms with Crippen molar-refractivity contribution >= 4 is 11.9 Å². The Morgan fingerprint density at radius 3 is 1.55 bits per heavy atom. The topological polar surface area (TPSA) is 74.6 Å². The molecular weight excluding hydrogens is 280 g/mol. The number of carbonyl (C=O) groups is 2. The van der Waals surface area contributed by atoms with Crippen molar-refractivity contribution in [3.05, 3.63) is 12.7 Å². The van der Waals surface area contributed by atoms with Crippen LogP contribution in [0.3, 0.4) is 0 Å². The van der Waals surface area contributed by atoms with E-state index in [0.29, 0.717) is 12.8 Å². The standard InChI is InChI=1S/C18H32O4/c1-2-16(18(21)22)14-12-10-8-6-4-3-5-7-9-11-13-15-17(19)20/h2,16H,1,3-15H2,(H,19,20)(H,21,22). The zero-order chi connectivity index (χ0) is 16.6. The molecule has 1 unspecified atom stereocenters. The summed E-state index contributed by atoms with van der Waals surface area (Å²) in [4.78, 5) is 21.1. The van der Waals surface area contributed by atoms with Gasteiger partial charge in [-0.25, -0.2) is 0 Å². The first-order chi connectivity index (χ1) is 10.6. The van der Waals surface area contributed by atoms with Crippen LogP contribution < -0.4 is 0 Å². The Bertz CT molecular complexity index is 312. The van der Waals surface area contributed by atoms with E-state index >= 15 is 0 Å². The minimum atomic E-state index is -0.765. The molecule has 0 radical (unpaired) electrons. The molecule has 0 spiro atoms. The third-order valence-electron chi connectivity index (χ3n) is 4.01. The van der Waals surface area contributed by atoms with E-state index in [-0.39, 0.29) is 5.92 Å². The maximum atomic E-state index is 10.8. The van der Waals surface area contributed by atoms with Crippen LogP contribution in [0.2, 0.25) is 0 Å². The van der Waals surface area contributed by atoms with E-state index in [4.69, 9.17) is 10.2 Å². The Morgan fingerprint density at radius 2 is 1.18 bits per heavy atom. The van der Waals surface area contributed by atoms with E-state index in [9.17, 15) is 9.59 Å². The molecule has 0 heterocycles. The highest BCUT2D eigenvalue weighted by Crippen LogP contribution is 2.15. The summed E-state index contributed by atoms with van der Waals surface area (Å²) in [5, 5.41) is 17.4. The Labute approximate surface area is 134 Å². The van der Waals surface area contributed by atoms with Gasteiger partial charge in [-0.1, -0.05) is 70.3 Å². The minimum Gasteiger partial charge on any atom is -0.481 e. The summed E-state index contributed by atoms with van der Waals surface area (Å²) in [5.41, 5.74) is 0. The highest BCUT2D eigenvalue weighted by Gasteiger charge is 2.11. The molecule has 0 aromatic carbocycles. The molecule has 0 bridgehead atoms. The third kappa shape index (κ3) is 13.7. The highest BCUT2D eigenvalue weighted by atomic mass is 16.4. The summed E-state index contributed by atoms with van der Waals surface area (Å²) < 4.78 is 0. The molecule has 128 valence electrons. The predicted molar refractivity (Wildman–Crippen MR) is 89.0 cm³/mol. The lowest BCUT2D eigenvalue weighted by atomic mass is 10.00. The maximum absolute atomic E-state index is 10.8. The summed E-state index contributed by atoms with van der Waals surface area (Å²) in [7, 11) is 0. The van der Waals surface area contributed by atoms with Crippen molar-refractivity contribution in [2.24, 2.45) is 5.92 Å². The van der Waals surface area contributed by atoms with Crippen LogP contribution in [-0.2, 0) is 9.59 Å². The van der Waals surface area contributed by atoms with Gasteiger partial charge in [0.05, 0.1) is 5.92 Å². The summed E-state index contributed by atoms with van der Waals surface area (Å²) in [5.74, 6) is -1.85. The normalized spacial score (nSPS) is 12.0. The van der Waals surface area contributed by atoms with E-state index in [2.05, 4.69) is 6.58 Å². The summed E-state index contributed by atoms with van der Waals surface area (Å²) in [6.45, 7) is 3.56. The van der Waals surface area contributed by atoms with Gasteiger partial charge in [0.25, 0.3) is 0 Å². The zero-order valence-corrected chi connectivity index (χ0v) is 13.8. The highest BCUT2D eigenvalue weighted by molar-refractivity contribution is 5.71. The fourth-order valence-corrected chi connectivity index (χ4v) is 2.57. The van der Waals surface area contributed by atoms with Gasteiger partial charge in [0.1, 0.15) is 0 Å². The zero-order valence-electron chi connectivity index (χ0n) is 13.8. The number of rotatable bonds is 16. The number of hydrogen-bond acceptors (Lipinski definition) is 2. The fraction of sp³-hybridized carbons (Fsp3) is 0.778. The van der Waals surface area contributed by atoms with Crippen LogP contribution in [-0.4, -0.2) is 22.2 Å². The monoisotopic (exact) mass is 312 g/mol. The second kappa shape index (κ2) is 14.6. The molecule has 0 saturated heterocycles. The van der Waals surface area contributed by atoms with E-state index in [1.807, 2.05) is 0 Å². The van der Waals surface area contributed by atoms with Gasteiger partial charge < -0.3 is 10.2 Å². The maximum Gasteiger partial charge on any atom is 0.310 e. The van der Waals surface area contributed by atoms with Crippen molar-refractivity contribution in [3.63, 3.8) is 0 Å². The minimum absolute atomic E-state index is 0.300. The molecule has 0 rings (SSSR count). The van der Waals surface area contributed by atoms with Crippen molar-refractivity contribution in [3.8, 4) is 0 Å². The van der Waals surface area contributed by atoms with Crippen molar-refractivity contribution in [2.45, 2.75) is 83.5 Å². The smallest absolute Gasteiger partial charge is 0.310 e. The molecule has 1 atom stereocenters. The van der Waals surface area contributed by atoms with Crippen LogP contribution in [0.5, 0.6) is 0 Å². The van der Waals surface area contributed by atoms with Gasteiger partial charge in [0, 0.05) is 6.42 Å². The van der Waals surface area contributed by atoms with E-state index in [1.54, 1.807) is 0 Å². The van der Waals surface area contributed by atoms with Gasteiger partial charge in [0.15, 0.2) is 0 Å². The number of carboxylic acids is 2. The lowest BCUT2D eigenvalue weighted by Crippen LogP contribution is -2.10. The first-order valence-electron chi connectivity index (χ1n) is 8.65. The van der Waals surface area contributed by atoms with E-state index in [1.165, 1.54) is 44.6 Å². The Hall–Kier alpha value is -1.32. The van der Waals surface area contributed by atoms with E-state index < -0.39 is 11.9 Å². The van der Waals surface area contributed by atoms with Crippen LogP contribution in [0.15, 0.2) is 12.7 Å². The Morgan fingerprint density at radius 1 is 0.773 bits per heavy atom. The molecule has 0 aliphatic carbocycles. The molecular formula is C18H32O4. The SMILES string of the molecule is C=CC(CCCCCCCCCCCCCC(=O)O)C(=O)O. The number of carboxylic acid groups (broad SMARTS) is 2. The molecule has 4 nitrogen and oxygen atoms in total. The summed E-state index contributed by atoms with van der Waals surface area (Å²) >= 11 is 0. The van der Waals surface area contributed by atoms with Gasteiger partial charge in [-0.3, -0.25) is 9.59 Å². The molecule has 0 aliphatic rings. The second-order valence-electron chi connectivity index (χ2n) is 6.00. The van der Waals surface area contributed by atoms with Gasteiger partial charge in [-0.15, -0.1) is 6.58 Å². The lowest BCUT2D eigenvalue weighted by molar-refractivity contribution is -0.140. The first-order valence-corrected chi connectivity index (χ1v) is 8.65. The fourth-order valence-electron chi connectivity index (χ4n) is 2.57. The summed E-state index contributed by atoms with van der Waals surface area (Å²) in [6.07, 6.45) is 14.9. The lowest BCUT2D eigenvalue weighted by Gasteiger charge is -2.06. The van der Waals surface area contributed by atoms with Crippen molar-refractivity contribution in [1.82, 2.24) is 0 Å². The molecule has 0 saturated carbocycles. The Balaban J connectivity index is 3.19. The van der Waals surface area contributed by atoms with Crippen molar-refractivity contribution in [2.75, 3.05) is 0 Å². The van der Waals surface area contributed by atoms with Gasteiger partial charge in [-0.2, -0.15) is 0 Å². The van der Waals surface area contributed by atoms with Gasteiger partial charge >= 0.3 is 11.9 Å². The molecule has 0 amide bonds. The number of unbranched alkanes of at least 4 members (excludes halogenated alkanes) is 10. The van der Waals surface area contributed by atoms with Crippen molar-refractivity contribution < 1.29 is 19.8 Å². The molecule has 2 N–H and O–H groups in total. The predicted octanol–water partition coefficient (Wildman–Crippen LogP) is 5.03. The largest absolute Gasteiger partial charge is 0.481 e. The number of hydrogen-bond donors (Lipinski definition) is 2. The molecule has 22 heavy (non-hydrogen) atoms. The van der Waals surface area contributed by atoms with Gasteiger partial charge in [0.2, 0.25) is 0 Å². The first kappa shape index (κ1) is 20.7.